The fraction of sp³-hybridized carbons (Fsp3) is 0. The minimum atomic E-state index is 0.863. The molecule has 0 aliphatic heterocycles. The van der Waals surface area contributed by atoms with Gasteiger partial charge < -0.3 is 13.9 Å². The molecular weight excluding hydrogens is 725 g/mol. The molecule has 0 aliphatic carbocycles. The molecule has 12 aromatic rings. The van der Waals surface area contributed by atoms with Gasteiger partial charge >= 0.3 is 0 Å². The highest BCUT2D eigenvalue weighted by atomic mass is 32.1. The summed E-state index contributed by atoms with van der Waals surface area (Å²) in [5, 5.41) is 7.12. The molecule has 0 aliphatic rings. The minimum Gasteiger partial charge on any atom is -0.455 e. The van der Waals surface area contributed by atoms with Gasteiger partial charge in [0, 0.05) is 48.6 Å². The quantitative estimate of drug-likeness (QED) is 0.168. The van der Waals surface area contributed by atoms with E-state index in [-0.39, 0.29) is 0 Å². The molecule has 0 N–H and O–H groups in total. The van der Waals surface area contributed by atoms with Gasteiger partial charge in [-0.1, -0.05) is 133 Å². The van der Waals surface area contributed by atoms with Gasteiger partial charge in [0.25, 0.3) is 0 Å². The van der Waals surface area contributed by atoms with Gasteiger partial charge in [0.15, 0.2) is 0 Å². The van der Waals surface area contributed by atoms with Crippen LogP contribution in [0.2, 0.25) is 0 Å². The van der Waals surface area contributed by atoms with Gasteiger partial charge in [-0.15, -0.1) is 11.3 Å². The molecule has 0 radical (unpaired) electrons. The first-order chi connectivity index (χ1) is 28.8. The second-order valence-corrected chi connectivity index (χ2v) is 15.9. The van der Waals surface area contributed by atoms with Crippen molar-refractivity contribution in [3.05, 3.63) is 206 Å². The molecule has 4 heteroatoms. The van der Waals surface area contributed by atoms with Crippen LogP contribution in [0.3, 0.4) is 0 Å². The highest BCUT2D eigenvalue weighted by Crippen LogP contribution is 2.50. The van der Waals surface area contributed by atoms with Gasteiger partial charge in [0.05, 0.1) is 32.5 Å². The van der Waals surface area contributed by atoms with Crippen LogP contribution in [0.5, 0.6) is 0 Å². The smallest absolute Gasteiger partial charge is 0.145 e. The fourth-order valence-corrected chi connectivity index (χ4v) is 10.2. The van der Waals surface area contributed by atoms with E-state index in [9.17, 15) is 0 Å². The van der Waals surface area contributed by atoms with Crippen LogP contribution in [0.15, 0.2) is 211 Å². The lowest BCUT2D eigenvalue weighted by molar-refractivity contribution is 0.670. The van der Waals surface area contributed by atoms with Gasteiger partial charge in [-0.05, 0) is 89.5 Å². The third-order valence-corrected chi connectivity index (χ3v) is 12.8. The third kappa shape index (κ3) is 5.05. The standard InChI is InChI=1S/C54H34N2OS/c1-4-15-35(16-5-1)37-27-29-44-50(33-37)57-53-40(36-17-6-2-7-18-36)30-32-48(52(44)53)56(49-25-14-23-43-42-22-11-13-26-51(42)58-54(43)49)39-28-31-47-45(34-39)41-21-10-12-24-46(41)55(47)38-19-8-3-9-20-38/h1-34H. The molecular formula is C54H34N2OS. The summed E-state index contributed by atoms with van der Waals surface area (Å²) >= 11 is 1.85. The zero-order valence-corrected chi connectivity index (χ0v) is 32.2. The number of anilines is 3. The van der Waals surface area contributed by atoms with Crippen molar-refractivity contribution in [2.24, 2.45) is 0 Å². The van der Waals surface area contributed by atoms with Crippen molar-refractivity contribution in [1.82, 2.24) is 4.57 Å². The molecule has 3 nitrogen and oxygen atoms in total. The zero-order valence-electron chi connectivity index (χ0n) is 31.3. The van der Waals surface area contributed by atoms with E-state index in [1.807, 2.05) is 11.3 Å². The predicted molar refractivity (Wildman–Crippen MR) is 247 cm³/mol. The Hall–Kier alpha value is -7.40. The number of rotatable bonds is 6. The van der Waals surface area contributed by atoms with Crippen LogP contribution in [0.1, 0.15) is 0 Å². The number of thiophene rings is 1. The highest BCUT2D eigenvalue weighted by Gasteiger charge is 2.25. The minimum absolute atomic E-state index is 0.863. The molecule has 0 fully saturated rings. The summed E-state index contributed by atoms with van der Waals surface area (Å²) in [5.41, 5.74) is 13.0. The number of hydrogen-bond donors (Lipinski definition) is 0. The van der Waals surface area contributed by atoms with Crippen molar-refractivity contribution in [3.8, 4) is 27.9 Å². The topological polar surface area (TPSA) is 21.3 Å². The maximum atomic E-state index is 7.05. The van der Waals surface area contributed by atoms with E-state index in [1.165, 1.54) is 42.0 Å². The monoisotopic (exact) mass is 758 g/mol. The van der Waals surface area contributed by atoms with Gasteiger partial charge in [-0.2, -0.15) is 0 Å². The molecule has 0 atom stereocenters. The Labute approximate surface area is 338 Å². The predicted octanol–water partition coefficient (Wildman–Crippen LogP) is 15.9. The number of aromatic nitrogens is 1. The second-order valence-electron chi connectivity index (χ2n) is 14.9. The molecule has 0 unspecified atom stereocenters. The normalized spacial score (nSPS) is 11.8. The third-order valence-electron chi connectivity index (χ3n) is 11.6. The van der Waals surface area contributed by atoms with Crippen LogP contribution in [0.25, 0.3) is 91.9 Å². The van der Waals surface area contributed by atoms with Gasteiger partial charge in [0.2, 0.25) is 0 Å². The molecule has 0 amide bonds. The lowest BCUT2D eigenvalue weighted by Gasteiger charge is -2.27. The molecule has 12 rings (SSSR count). The Morgan fingerprint density at radius 1 is 0.431 bits per heavy atom. The summed E-state index contributed by atoms with van der Waals surface area (Å²) < 4.78 is 12.0. The lowest BCUT2D eigenvalue weighted by Crippen LogP contribution is -2.10. The molecule has 0 saturated heterocycles. The summed E-state index contributed by atoms with van der Waals surface area (Å²) in [5.74, 6) is 0. The SMILES string of the molecule is c1ccc(-c2ccc3c(c2)oc2c(-c4ccccc4)ccc(N(c4ccc5c(c4)c4ccccc4n5-c4ccccc4)c4cccc5c4sc4ccccc45)c23)cc1. The first-order valence-corrected chi connectivity index (χ1v) is 20.5. The first kappa shape index (κ1) is 32.8. The fourth-order valence-electron chi connectivity index (χ4n) is 8.97. The summed E-state index contributed by atoms with van der Waals surface area (Å²) in [6.45, 7) is 0. The largest absolute Gasteiger partial charge is 0.455 e. The maximum Gasteiger partial charge on any atom is 0.145 e. The van der Waals surface area contributed by atoms with E-state index in [0.717, 1.165) is 66.9 Å². The van der Waals surface area contributed by atoms with Crippen molar-refractivity contribution < 1.29 is 4.42 Å². The van der Waals surface area contributed by atoms with Crippen LogP contribution in [0.4, 0.5) is 17.1 Å². The van der Waals surface area contributed by atoms with Crippen LogP contribution in [-0.2, 0) is 0 Å². The van der Waals surface area contributed by atoms with E-state index in [4.69, 9.17) is 4.42 Å². The molecule has 3 aromatic heterocycles. The summed E-state index contributed by atoms with van der Waals surface area (Å²) in [7, 11) is 0. The number of furan rings is 1. The van der Waals surface area contributed by atoms with E-state index in [0.29, 0.717) is 0 Å². The molecule has 272 valence electrons. The molecule has 0 bridgehead atoms. The van der Waals surface area contributed by atoms with Crippen molar-refractivity contribution in [2.75, 3.05) is 4.90 Å². The Balaban J connectivity index is 1.18. The van der Waals surface area contributed by atoms with Crippen LogP contribution in [0, 0.1) is 0 Å². The first-order valence-electron chi connectivity index (χ1n) is 19.7. The van der Waals surface area contributed by atoms with Crippen LogP contribution in [-0.4, -0.2) is 4.57 Å². The van der Waals surface area contributed by atoms with Gasteiger partial charge in [-0.25, -0.2) is 0 Å². The Bertz CT molecular complexity index is 3510. The van der Waals surface area contributed by atoms with E-state index < -0.39 is 0 Å². The van der Waals surface area contributed by atoms with E-state index in [1.54, 1.807) is 0 Å². The average Bonchev–Trinajstić information content (AvgIpc) is 3.97. The number of nitrogens with zero attached hydrogens (tertiary/aromatic N) is 2. The average molecular weight is 759 g/mol. The van der Waals surface area contributed by atoms with E-state index >= 15 is 0 Å². The number of para-hydroxylation sites is 2. The van der Waals surface area contributed by atoms with E-state index in [2.05, 4.69) is 216 Å². The summed E-state index contributed by atoms with van der Waals surface area (Å²) in [4.78, 5) is 2.48. The second kappa shape index (κ2) is 13.1. The molecule has 0 saturated carbocycles. The number of hydrogen-bond acceptors (Lipinski definition) is 3. The van der Waals surface area contributed by atoms with Crippen molar-refractivity contribution in [1.29, 1.82) is 0 Å². The van der Waals surface area contributed by atoms with Crippen molar-refractivity contribution in [3.63, 3.8) is 0 Å². The van der Waals surface area contributed by atoms with Crippen molar-refractivity contribution in [2.45, 2.75) is 0 Å². The number of fused-ring (bicyclic) bond motifs is 9. The number of benzene rings is 9. The molecule has 0 spiro atoms. The van der Waals surface area contributed by atoms with Crippen molar-refractivity contribution >= 4 is 92.3 Å². The molecule has 9 aromatic carbocycles. The molecule has 58 heavy (non-hydrogen) atoms. The Morgan fingerprint density at radius 3 is 1.95 bits per heavy atom. The zero-order chi connectivity index (χ0) is 38.2. The van der Waals surface area contributed by atoms with Gasteiger partial charge in [0.1, 0.15) is 11.2 Å². The maximum absolute atomic E-state index is 7.05. The lowest BCUT2D eigenvalue weighted by atomic mass is 9.98. The van der Waals surface area contributed by atoms with Gasteiger partial charge in [-0.3, -0.25) is 0 Å². The van der Waals surface area contributed by atoms with Crippen LogP contribution >= 0.6 is 11.3 Å². The Morgan fingerprint density at radius 2 is 1.12 bits per heavy atom. The summed E-state index contributed by atoms with van der Waals surface area (Å²) in [6, 6.07) is 74.3. The highest BCUT2D eigenvalue weighted by molar-refractivity contribution is 7.26. The van der Waals surface area contributed by atoms with Crippen LogP contribution < -0.4 is 4.90 Å². The summed E-state index contributed by atoms with van der Waals surface area (Å²) in [6.07, 6.45) is 0. The Kier molecular flexibility index (Phi) is 7.40. The molecule has 3 heterocycles.